The Morgan fingerprint density at radius 2 is 1.87 bits per heavy atom. The number of thioether (sulfide) groups is 1. The second-order valence-corrected chi connectivity index (χ2v) is 9.13. The Hall–Kier alpha value is -2.39. The van der Waals surface area contributed by atoms with Gasteiger partial charge in [0.05, 0.1) is 17.6 Å². The first-order chi connectivity index (χ1) is 14.7. The minimum absolute atomic E-state index is 0.0828. The SMILES string of the molecule is CN(C[C@H](O)c1ccc(O)cc1)C(=O)CCN1C(=O)/C(=C/c2ccc(Cl)cc2)SC1=S. The van der Waals surface area contributed by atoms with Gasteiger partial charge in [-0.2, -0.15) is 0 Å². The predicted molar refractivity (Wildman–Crippen MR) is 127 cm³/mol. The Morgan fingerprint density at radius 3 is 2.52 bits per heavy atom. The summed E-state index contributed by atoms with van der Waals surface area (Å²) in [7, 11) is 1.59. The number of rotatable bonds is 7. The second-order valence-electron chi connectivity index (χ2n) is 7.02. The van der Waals surface area contributed by atoms with E-state index in [2.05, 4.69) is 0 Å². The molecule has 0 aromatic heterocycles. The Balaban J connectivity index is 1.55. The van der Waals surface area contributed by atoms with Crippen LogP contribution in [0.25, 0.3) is 6.08 Å². The molecule has 1 fully saturated rings. The third kappa shape index (κ3) is 6.07. The molecule has 9 heteroatoms. The van der Waals surface area contributed by atoms with E-state index in [4.69, 9.17) is 23.8 Å². The Kier molecular flexibility index (Phi) is 7.72. The normalized spacial score (nSPS) is 16.1. The van der Waals surface area contributed by atoms with E-state index in [-0.39, 0.29) is 37.1 Å². The predicted octanol–water partition coefficient (Wildman–Crippen LogP) is 3.83. The highest BCUT2D eigenvalue weighted by Gasteiger charge is 2.32. The second kappa shape index (κ2) is 10.3. The number of carbonyl (C=O) groups excluding carboxylic acids is 2. The molecule has 0 unspecified atom stereocenters. The van der Waals surface area contributed by atoms with Crippen LogP contribution in [0.1, 0.15) is 23.7 Å². The van der Waals surface area contributed by atoms with Gasteiger partial charge in [-0.05, 0) is 41.5 Å². The van der Waals surface area contributed by atoms with Crippen molar-refractivity contribution in [2.45, 2.75) is 12.5 Å². The highest BCUT2D eigenvalue weighted by Crippen LogP contribution is 2.32. The summed E-state index contributed by atoms with van der Waals surface area (Å²) < 4.78 is 0.407. The third-order valence-corrected chi connectivity index (χ3v) is 6.37. The largest absolute Gasteiger partial charge is 0.508 e. The third-order valence-electron chi connectivity index (χ3n) is 4.74. The topological polar surface area (TPSA) is 81.1 Å². The Labute approximate surface area is 195 Å². The molecule has 0 bridgehead atoms. The number of phenols is 1. The van der Waals surface area contributed by atoms with E-state index in [1.807, 2.05) is 12.1 Å². The van der Waals surface area contributed by atoms with Crippen LogP contribution in [0.3, 0.4) is 0 Å². The van der Waals surface area contributed by atoms with Crippen molar-refractivity contribution in [1.82, 2.24) is 9.80 Å². The quantitative estimate of drug-likeness (QED) is 0.467. The molecule has 1 aliphatic heterocycles. The lowest BCUT2D eigenvalue weighted by Crippen LogP contribution is -2.36. The molecular weight excluding hydrogens is 456 g/mol. The standard InChI is InChI=1S/C22H21ClN2O4S2/c1-24(13-18(27)15-4-8-17(26)9-5-15)20(28)10-11-25-21(29)19(31-22(25)30)12-14-2-6-16(23)7-3-14/h2-9,12,18,26-27H,10-11,13H2,1H3/b19-12-/t18-/m0/s1. The molecule has 2 amide bonds. The number of aliphatic hydroxyl groups excluding tert-OH is 1. The molecule has 0 radical (unpaired) electrons. The average Bonchev–Trinajstić information content (AvgIpc) is 3.00. The van der Waals surface area contributed by atoms with Crippen LogP contribution >= 0.6 is 35.6 Å². The maximum absolute atomic E-state index is 12.7. The van der Waals surface area contributed by atoms with Gasteiger partial charge in [-0.15, -0.1) is 0 Å². The summed E-state index contributed by atoms with van der Waals surface area (Å²) >= 11 is 12.4. The molecule has 2 aromatic carbocycles. The highest BCUT2D eigenvalue weighted by molar-refractivity contribution is 8.26. The number of phenolic OH excluding ortho intramolecular Hbond substituents is 1. The first kappa shape index (κ1) is 23.3. The zero-order valence-corrected chi connectivity index (χ0v) is 19.1. The van der Waals surface area contributed by atoms with Crippen molar-refractivity contribution < 1.29 is 19.8 Å². The van der Waals surface area contributed by atoms with Gasteiger partial charge < -0.3 is 15.1 Å². The van der Waals surface area contributed by atoms with E-state index in [9.17, 15) is 19.8 Å². The molecule has 2 aromatic rings. The van der Waals surface area contributed by atoms with Gasteiger partial charge in [-0.25, -0.2) is 0 Å². The van der Waals surface area contributed by atoms with Crippen molar-refractivity contribution in [2.24, 2.45) is 0 Å². The van der Waals surface area contributed by atoms with Crippen LogP contribution in [0.4, 0.5) is 0 Å². The number of carbonyl (C=O) groups is 2. The fourth-order valence-electron chi connectivity index (χ4n) is 2.96. The number of thiocarbonyl (C=S) groups is 1. The summed E-state index contributed by atoms with van der Waals surface area (Å²) in [5, 5.41) is 20.3. The first-order valence-corrected chi connectivity index (χ1v) is 11.1. The van der Waals surface area contributed by atoms with E-state index < -0.39 is 6.10 Å². The summed E-state index contributed by atoms with van der Waals surface area (Å²) in [5.41, 5.74) is 1.44. The zero-order chi connectivity index (χ0) is 22.5. The van der Waals surface area contributed by atoms with Crippen LogP contribution in [0.5, 0.6) is 5.75 Å². The van der Waals surface area contributed by atoms with Crippen LogP contribution in [0.2, 0.25) is 5.02 Å². The number of nitrogens with zero attached hydrogens (tertiary/aromatic N) is 2. The van der Waals surface area contributed by atoms with Crippen LogP contribution in [-0.4, -0.2) is 56.3 Å². The van der Waals surface area contributed by atoms with Crippen LogP contribution in [0, 0.1) is 0 Å². The smallest absolute Gasteiger partial charge is 0.266 e. The van der Waals surface area contributed by atoms with Gasteiger partial charge >= 0.3 is 0 Å². The van der Waals surface area contributed by atoms with Crippen molar-refractivity contribution in [2.75, 3.05) is 20.1 Å². The van der Waals surface area contributed by atoms with Crippen molar-refractivity contribution >= 4 is 57.8 Å². The molecule has 0 aliphatic carbocycles. The van der Waals surface area contributed by atoms with Crippen molar-refractivity contribution in [3.8, 4) is 5.75 Å². The van der Waals surface area contributed by atoms with E-state index in [1.54, 1.807) is 37.4 Å². The Bertz CT molecular complexity index is 1010. The van der Waals surface area contributed by atoms with Gasteiger partial charge in [0, 0.05) is 25.0 Å². The number of halogens is 1. The molecule has 1 saturated heterocycles. The van der Waals surface area contributed by atoms with E-state index in [0.29, 0.717) is 19.8 Å². The van der Waals surface area contributed by atoms with Crippen LogP contribution in [-0.2, 0) is 9.59 Å². The summed E-state index contributed by atoms with van der Waals surface area (Å²) in [6, 6.07) is 13.3. The van der Waals surface area contributed by atoms with E-state index >= 15 is 0 Å². The summed E-state index contributed by atoms with van der Waals surface area (Å²) in [6.07, 6.45) is 0.949. The van der Waals surface area contributed by atoms with Crippen LogP contribution in [0.15, 0.2) is 53.4 Å². The monoisotopic (exact) mass is 476 g/mol. The van der Waals surface area contributed by atoms with Crippen molar-refractivity contribution in [3.63, 3.8) is 0 Å². The lowest BCUT2D eigenvalue weighted by Gasteiger charge is -2.22. The molecule has 1 atom stereocenters. The lowest BCUT2D eigenvalue weighted by molar-refractivity contribution is -0.131. The molecule has 0 saturated carbocycles. The number of amides is 2. The number of benzene rings is 2. The minimum atomic E-state index is -0.881. The number of hydrogen-bond acceptors (Lipinski definition) is 6. The van der Waals surface area contributed by atoms with E-state index in [1.165, 1.54) is 33.7 Å². The number of aliphatic hydroxyl groups is 1. The summed E-state index contributed by atoms with van der Waals surface area (Å²) in [6.45, 7) is 0.263. The number of hydrogen-bond donors (Lipinski definition) is 2. The number of likely N-dealkylation sites (N-methyl/N-ethyl adjacent to an activating group) is 1. The van der Waals surface area contributed by atoms with Gasteiger partial charge in [0.15, 0.2) is 0 Å². The van der Waals surface area contributed by atoms with Gasteiger partial charge in [-0.1, -0.05) is 59.8 Å². The fourth-order valence-corrected chi connectivity index (χ4v) is 4.40. The molecule has 6 nitrogen and oxygen atoms in total. The molecule has 1 heterocycles. The molecule has 162 valence electrons. The zero-order valence-electron chi connectivity index (χ0n) is 16.7. The van der Waals surface area contributed by atoms with Crippen LogP contribution < -0.4 is 0 Å². The minimum Gasteiger partial charge on any atom is -0.508 e. The fraction of sp³-hybridized carbons (Fsp3) is 0.227. The van der Waals surface area contributed by atoms with Gasteiger partial charge in [-0.3, -0.25) is 14.5 Å². The highest BCUT2D eigenvalue weighted by atomic mass is 35.5. The van der Waals surface area contributed by atoms with Crippen molar-refractivity contribution in [3.05, 3.63) is 69.6 Å². The van der Waals surface area contributed by atoms with Crippen molar-refractivity contribution in [1.29, 1.82) is 0 Å². The molecule has 1 aliphatic rings. The van der Waals surface area contributed by atoms with Gasteiger partial charge in [0.25, 0.3) is 5.91 Å². The molecule has 0 spiro atoms. The first-order valence-electron chi connectivity index (χ1n) is 9.46. The maximum Gasteiger partial charge on any atom is 0.266 e. The lowest BCUT2D eigenvalue weighted by atomic mass is 10.1. The molecular formula is C22H21ClN2O4S2. The summed E-state index contributed by atoms with van der Waals surface area (Å²) in [5.74, 6) is -0.341. The van der Waals surface area contributed by atoms with Gasteiger partial charge in [0.2, 0.25) is 5.91 Å². The summed E-state index contributed by atoms with van der Waals surface area (Å²) in [4.78, 5) is 28.5. The van der Waals surface area contributed by atoms with E-state index in [0.717, 1.165) is 5.56 Å². The molecule has 3 rings (SSSR count). The average molecular weight is 477 g/mol. The number of aromatic hydroxyl groups is 1. The maximum atomic E-state index is 12.7. The van der Waals surface area contributed by atoms with Gasteiger partial charge in [0.1, 0.15) is 10.1 Å². The molecule has 31 heavy (non-hydrogen) atoms. The molecule has 2 N–H and O–H groups in total. The Morgan fingerprint density at radius 1 is 1.23 bits per heavy atom.